The maximum Gasteiger partial charge on any atom is 0.216 e. The lowest BCUT2D eigenvalue weighted by molar-refractivity contribution is -0.660. The second kappa shape index (κ2) is 6.86. The Labute approximate surface area is 175 Å². The number of rotatable bonds is 2. The summed E-state index contributed by atoms with van der Waals surface area (Å²) in [5.41, 5.74) is 8.87. The lowest BCUT2D eigenvalue weighted by Gasteiger charge is -2.05. The third-order valence-corrected chi connectivity index (χ3v) is 5.74. The molecule has 0 atom stereocenters. The largest absolute Gasteiger partial charge is 0.455 e. The van der Waals surface area contributed by atoms with E-state index >= 15 is 0 Å². The number of benzene rings is 3. The Hall–Kier alpha value is -3.90. The van der Waals surface area contributed by atoms with Crippen molar-refractivity contribution in [2.24, 2.45) is 7.05 Å². The molecule has 0 spiro atoms. The van der Waals surface area contributed by atoms with E-state index in [9.17, 15) is 0 Å². The van der Waals surface area contributed by atoms with Gasteiger partial charge in [-0.1, -0.05) is 42.0 Å². The fraction of sp³-hybridized carbons (Fsp3) is 0.111. The monoisotopic (exact) mass is 389 g/mol. The quantitative estimate of drug-likeness (QED) is 0.237. The maximum atomic E-state index is 7.60. The molecule has 0 bridgehead atoms. The Balaban J connectivity index is 1.91. The molecule has 3 nitrogen and oxygen atoms in total. The Morgan fingerprint density at radius 3 is 2.40 bits per heavy atom. The summed E-state index contributed by atoms with van der Waals surface area (Å²) in [5, 5.41) is 2.02. The zero-order valence-corrected chi connectivity index (χ0v) is 17.2. The van der Waals surface area contributed by atoms with Crippen molar-refractivity contribution < 1.29 is 8.98 Å². The normalized spacial score (nSPS) is 11.1. The first-order chi connectivity index (χ1) is 14.6. The third kappa shape index (κ3) is 2.77. The van der Waals surface area contributed by atoms with Gasteiger partial charge in [0.05, 0.1) is 12.1 Å². The van der Waals surface area contributed by atoms with Gasteiger partial charge in [-0.2, -0.15) is 0 Å². The molecule has 0 amide bonds. The topological polar surface area (TPSA) is 21.4 Å². The Morgan fingerprint density at radius 1 is 0.867 bits per heavy atom. The van der Waals surface area contributed by atoms with Gasteiger partial charge in [0.15, 0.2) is 11.9 Å². The van der Waals surface area contributed by atoms with Crippen LogP contribution >= 0.6 is 0 Å². The van der Waals surface area contributed by atoms with Crippen molar-refractivity contribution in [3.63, 3.8) is 0 Å². The van der Waals surface area contributed by atoms with E-state index < -0.39 is 0 Å². The van der Waals surface area contributed by atoms with E-state index in [1.54, 1.807) is 0 Å². The molecule has 3 heteroatoms. The van der Waals surface area contributed by atoms with Crippen LogP contribution in [0.3, 0.4) is 0 Å². The Morgan fingerprint density at radius 2 is 1.67 bits per heavy atom. The smallest absolute Gasteiger partial charge is 0.216 e. The minimum absolute atomic E-state index is 0.619. The average Bonchev–Trinajstić information content (AvgIpc) is 3.13. The summed E-state index contributed by atoms with van der Waals surface area (Å²) in [5.74, 6) is 0. The van der Waals surface area contributed by atoms with E-state index in [1.165, 1.54) is 5.56 Å². The van der Waals surface area contributed by atoms with Crippen LogP contribution in [0.15, 0.2) is 77.3 Å². The van der Waals surface area contributed by atoms with Crippen LogP contribution in [0, 0.1) is 20.4 Å². The van der Waals surface area contributed by atoms with Crippen molar-refractivity contribution in [3.8, 4) is 22.4 Å². The van der Waals surface area contributed by atoms with Gasteiger partial charge < -0.3 is 4.42 Å². The second-order valence-corrected chi connectivity index (χ2v) is 7.78. The zero-order chi connectivity index (χ0) is 20.8. The van der Waals surface area contributed by atoms with Crippen LogP contribution in [0.1, 0.15) is 11.1 Å². The first-order valence-corrected chi connectivity index (χ1v) is 9.96. The molecular formula is C27H21N2O+. The van der Waals surface area contributed by atoms with Crippen molar-refractivity contribution in [3.05, 3.63) is 95.5 Å². The van der Waals surface area contributed by atoms with Crippen molar-refractivity contribution in [1.82, 2.24) is 0 Å². The molecule has 3 aromatic carbocycles. The highest BCUT2D eigenvalue weighted by Gasteiger charge is 2.22. The average molecular weight is 389 g/mol. The molecule has 0 saturated heterocycles. The standard InChI is InChI=1S/C27H21N2O/c1-17-8-11-19(12-9-17)22-15-20(28-3)16-23-21-13-10-18(2)25(27(21)30-26(22)23)24-7-5-6-14-29(24)4/h5-16H,1-2,4H3/q+1. The highest BCUT2D eigenvalue weighted by Crippen LogP contribution is 2.42. The molecule has 0 unspecified atom stereocenters. The number of hydrogen-bond donors (Lipinski definition) is 0. The van der Waals surface area contributed by atoms with E-state index in [0.717, 1.165) is 49.9 Å². The van der Waals surface area contributed by atoms with Crippen LogP contribution in [-0.2, 0) is 7.05 Å². The first kappa shape index (κ1) is 18.1. The van der Waals surface area contributed by atoms with Gasteiger partial charge in [0.25, 0.3) is 0 Å². The van der Waals surface area contributed by atoms with Crippen molar-refractivity contribution in [2.75, 3.05) is 0 Å². The van der Waals surface area contributed by atoms with Crippen molar-refractivity contribution in [2.45, 2.75) is 13.8 Å². The van der Waals surface area contributed by atoms with Gasteiger partial charge in [-0.15, -0.1) is 0 Å². The molecule has 0 aliphatic rings. The number of hydrogen-bond acceptors (Lipinski definition) is 1. The third-order valence-electron chi connectivity index (χ3n) is 5.74. The summed E-state index contributed by atoms with van der Waals surface area (Å²) in [6, 6.07) is 22.7. The van der Waals surface area contributed by atoms with Gasteiger partial charge in [-0.3, -0.25) is 0 Å². The van der Waals surface area contributed by atoms with Crippen LogP contribution in [0.5, 0.6) is 0 Å². The Bertz CT molecular complexity index is 1470. The first-order valence-electron chi connectivity index (χ1n) is 9.96. The van der Waals surface area contributed by atoms with E-state index in [4.69, 9.17) is 11.0 Å². The van der Waals surface area contributed by atoms with Crippen LogP contribution in [0.2, 0.25) is 0 Å². The molecule has 2 aromatic heterocycles. The lowest BCUT2D eigenvalue weighted by atomic mass is 9.98. The van der Waals surface area contributed by atoms with Gasteiger partial charge in [0.2, 0.25) is 5.69 Å². The summed E-state index contributed by atoms with van der Waals surface area (Å²) >= 11 is 0. The molecule has 0 saturated carbocycles. The van der Waals surface area contributed by atoms with Crippen LogP contribution in [0.4, 0.5) is 5.69 Å². The molecule has 0 N–H and O–H groups in total. The summed E-state index contributed by atoms with van der Waals surface area (Å²) in [4.78, 5) is 3.73. The van der Waals surface area contributed by atoms with E-state index in [-0.39, 0.29) is 0 Å². The minimum atomic E-state index is 0.619. The number of fused-ring (bicyclic) bond motifs is 3. The fourth-order valence-electron chi connectivity index (χ4n) is 4.14. The molecule has 0 aliphatic heterocycles. The summed E-state index contributed by atoms with van der Waals surface area (Å²) in [6.07, 6.45) is 2.05. The molecule has 144 valence electrons. The van der Waals surface area contributed by atoms with Crippen molar-refractivity contribution >= 4 is 27.6 Å². The molecule has 30 heavy (non-hydrogen) atoms. The predicted octanol–water partition coefficient (Wildman–Crippen LogP) is 6.91. The number of nitrogens with zero attached hydrogens (tertiary/aromatic N) is 2. The van der Waals surface area contributed by atoms with Gasteiger partial charge in [0, 0.05) is 28.5 Å². The summed E-state index contributed by atoms with van der Waals surface area (Å²) in [6.45, 7) is 11.8. The molecule has 0 aliphatic carbocycles. The highest BCUT2D eigenvalue weighted by molar-refractivity contribution is 6.14. The van der Waals surface area contributed by atoms with Crippen LogP contribution in [0.25, 0.3) is 49.2 Å². The summed E-state index contributed by atoms with van der Waals surface area (Å²) < 4.78 is 8.68. The van der Waals surface area contributed by atoms with E-state index in [1.807, 2.05) is 37.5 Å². The van der Waals surface area contributed by atoms with Crippen LogP contribution < -0.4 is 4.57 Å². The van der Waals surface area contributed by atoms with Gasteiger partial charge >= 0.3 is 0 Å². The van der Waals surface area contributed by atoms with E-state index in [2.05, 4.69) is 65.7 Å². The number of pyridine rings is 1. The molecule has 5 aromatic rings. The molecule has 0 fully saturated rings. The fourth-order valence-corrected chi connectivity index (χ4v) is 4.14. The number of aryl methyl sites for hydroxylation is 3. The molecule has 0 radical (unpaired) electrons. The second-order valence-electron chi connectivity index (χ2n) is 7.78. The molecule has 5 rings (SSSR count). The highest BCUT2D eigenvalue weighted by atomic mass is 16.3. The van der Waals surface area contributed by atoms with E-state index in [0.29, 0.717) is 5.69 Å². The Kier molecular flexibility index (Phi) is 4.15. The minimum Gasteiger partial charge on any atom is -0.455 e. The van der Waals surface area contributed by atoms with Gasteiger partial charge in [-0.25, -0.2) is 9.41 Å². The SMILES string of the molecule is [C-]#[N+]c1cc(-c2ccc(C)cc2)c2oc3c(-c4cccc[n+]4C)c(C)ccc3c2c1. The van der Waals surface area contributed by atoms with Crippen LogP contribution in [-0.4, -0.2) is 0 Å². The predicted molar refractivity (Wildman–Crippen MR) is 122 cm³/mol. The molecular weight excluding hydrogens is 368 g/mol. The zero-order valence-electron chi connectivity index (χ0n) is 17.2. The van der Waals surface area contributed by atoms with Crippen molar-refractivity contribution in [1.29, 1.82) is 0 Å². The van der Waals surface area contributed by atoms with Gasteiger partial charge in [0.1, 0.15) is 18.2 Å². The number of aromatic nitrogens is 1. The molecule has 2 heterocycles. The maximum absolute atomic E-state index is 7.60. The summed E-state index contributed by atoms with van der Waals surface area (Å²) in [7, 11) is 2.05. The lowest BCUT2D eigenvalue weighted by Crippen LogP contribution is -2.30. The van der Waals surface area contributed by atoms with Gasteiger partial charge in [-0.05, 0) is 43.2 Å². The number of furan rings is 1.